The van der Waals surface area contributed by atoms with Crippen LogP contribution in [0.15, 0.2) is 18.2 Å². The predicted molar refractivity (Wildman–Crippen MR) is 58.9 cm³/mol. The summed E-state index contributed by atoms with van der Waals surface area (Å²) in [5, 5.41) is 3.16. The second-order valence-corrected chi connectivity index (χ2v) is 4.29. The molecule has 0 aliphatic heterocycles. The Balaban J connectivity index is 2.23. The maximum Gasteiger partial charge on any atom is 0.255 e. The Morgan fingerprint density at radius 3 is 3.00 bits per heavy atom. The van der Waals surface area contributed by atoms with Crippen molar-refractivity contribution < 1.29 is 8.78 Å². The number of halogens is 2. The lowest BCUT2D eigenvalue weighted by atomic mass is 10.2. The number of alkyl halides is 2. The van der Waals surface area contributed by atoms with Gasteiger partial charge in [0.1, 0.15) is 0 Å². The zero-order valence-electron chi connectivity index (χ0n) is 8.13. The standard InChI is InChI=1S/C10H10F2N2S/c1-6-2-3-7-8(4-6)15-10(14-7)13-5-9(11)12/h2-4,9H,5H2,1H3,(H,13,14). The third-order valence-electron chi connectivity index (χ3n) is 1.95. The van der Waals surface area contributed by atoms with Crippen LogP contribution in [0.3, 0.4) is 0 Å². The Kier molecular flexibility index (Phi) is 2.81. The minimum absolute atomic E-state index is 0.348. The van der Waals surface area contributed by atoms with Crippen LogP contribution in [0.1, 0.15) is 5.56 Å². The van der Waals surface area contributed by atoms with Gasteiger partial charge in [0.2, 0.25) is 0 Å². The molecule has 0 saturated carbocycles. The van der Waals surface area contributed by atoms with Gasteiger partial charge >= 0.3 is 0 Å². The first-order chi connectivity index (χ1) is 7.15. The van der Waals surface area contributed by atoms with Crippen LogP contribution in [0.5, 0.6) is 0 Å². The van der Waals surface area contributed by atoms with E-state index in [0.29, 0.717) is 5.13 Å². The van der Waals surface area contributed by atoms with Gasteiger partial charge < -0.3 is 5.32 Å². The number of aryl methyl sites for hydroxylation is 1. The Labute approximate surface area is 89.9 Å². The van der Waals surface area contributed by atoms with Crippen molar-refractivity contribution in [1.82, 2.24) is 4.98 Å². The number of benzene rings is 1. The van der Waals surface area contributed by atoms with Gasteiger partial charge in [0.25, 0.3) is 6.43 Å². The summed E-state index contributed by atoms with van der Waals surface area (Å²) >= 11 is 1.40. The molecule has 0 aliphatic rings. The van der Waals surface area contributed by atoms with Crippen molar-refractivity contribution in [1.29, 1.82) is 0 Å². The fraction of sp³-hybridized carbons (Fsp3) is 0.300. The number of rotatable bonds is 3. The number of nitrogens with zero attached hydrogens (tertiary/aromatic N) is 1. The highest BCUT2D eigenvalue weighted by atomic mass is 32.1. The molecule has 0 fully saturated rings. The predicted octanol–water partition coefficient (Wildman–Crippen LogP) is 3.28. The number of hydrogen-bond acceptors (Lipinski definition) is 3. The first kappa shape index (κ1) is 10.3. The van der Waals surface area contributed by atoms with Crippen molar-refractivity contribution >= 4 is 26.7 Å². The molecule has 2 aromatic rings. The van der Waals surface area contributed by atoms with Crippen LogP contribution in [-0.2, 0) is 0 Å². The first-order valence-corrected chi connectivity index (χ1v) is 5.36. The third kappa shape index (κ3) is 2.41. The quantitative estimate of drug-likeness (QED) is 0.872. The Hall–Kier alpha value is -1.23. The molecule has 1 heterocycles. The van der Waals surface area contributed by atoms with E-state index in [0.717, 1.165) is 15.8 Å². The number of nitrogens with one attached hydrogen (secondary N) is 1. The molecule has 1 aromatic heterocycles. The zero-order valence-corrected chi connectivity index (χ0v) is 8.94. The number of fused-ring (bicyclic) bond motifs is 1. The van der Waals surface area contributed by atoms with E-state index in [2.05, 4.69) is 10.3 Å². The summed E-state index contributed by atoms with van der Waals surface area (Å²) in [5.74, 6) is 0. The maximum absolute atomic E-state index is 12.0. The smallest absolute Gasteiger partial charge is 0.255 e. The van der Waals surface area contributed by atoms with E-state index in [1.54, 1.807) is 0 Å². The van der Waals surface area contributed by atoms with Crippen molar-refractivity contribution in [3.05, 3.63) is 23.8 Å². The van der Waals surface area contributed by atoms with E-state index in [9.17, 15) is 8.78 Å². The average Bonchev–Trinajstić information content (AvgIpc) is 2.56. The van der Waals surface area contributed by atoms with Gasteiger partial charge in [0.15, 0.2) is 5.13 Å². The highest BCUT2D eigenvalue weighted by Gasteiger charge is 2.06. The van der Waals surface area contributed by atoms with Crippen molar-refractivity contribution in [2.45, 2.75) is 13.3 Å². The molecule has 0 radical (unpaired) electrons. The molecule has 0 spiro atoms. The fourth-order valence-corrected chi connectivity index (χ4v) is 2.24. The van der Waals surface area contributed by atoms with E-state index >= 15 is 0 Å². The normalized spacial score (nSPS) is 11.2. The van der Waals surface area contributed by atoms with E-state index in [-0.39, 0.29) is 6.54 Å². The van der Waals surface area contributed by atoms with Crippen LogP contribution in [0, 0.1) is 6.92 Å². The van der Waals surface area contributed by atoms with Gasteiger partial charge in [0, 0.05) is 0 Å². The molecule has 0 bridgehead atoms. The first-order valence-electron chi connectivity index (χ1n) is 4.54. The van der Waals surface area contributed by atoms with E-state index in [1.165, 1.54) is 11.3 Å². The van der Waals surface area contributed by atoms with E-state index in [1.807, 2.05) is 25.1 Å². The molecule has 1 N–H and O–H groups in total. The number of anilines is 1. The van der Waals surface area contributed by atoms with Gasteiger partial charge in [-0.15, -0.1) is 0 Å². The van der Waals surface area contributed by atoms with E-state index < -0.39 is 6.43 Å². The van der Waals surface area contributed by atoms with Crippen molar-refractivity contribution in [3.63, 3.8) is 0 Å². The van der Waals surface area contributed by atoms with Crippen molar-refractivity contribution in [2.24, 2.45) is 0 Å². The second-order valence-electron chi connectivity index (χ2n) is 3.26. The molecule has 2 rings (SSSR count). The highest BCUT2D eigenvalue weighted by Crippen LogP contribution is 2.26. The van der Waals surface area contributed by atoms with Crippen LogP contribution in [0.25, 0.3) is 10.2 Å². The molecule has 15 heavy (non-hydrogen) atoms. The SMILES string of the molecule is Cc1ccc2nc(NCC(F)F)sc2c1. The summed E-state index contributed by atoms with van der Waals surface area (Å²) in [5.41, 5.74) is 1.99. The molecular weight excluding hydrogens is 218 g/mol. The average molecular weight is 228 g/mol. The van der Waals surface area contributed by atoms with E-state index in [4.69, 9.17) is 0 Å². The van der Waals surface area contributed by atoms with Gasteiger partial charge in [-0.05, 0) is 24.6 Å². The van der Waals surface area contributed by atoms with Gasteiger partial charge in [0.05, 0.1) is 16.8 Å². The fourth-order valence-electron chi connectivity index (χ4n) is 1.27. The van der Waals surface area contributed by atoms with Gasteiger partial charge in [-0.25, -0.2) is 13.8 Å². The summed E-state index contributed by atoms with van der Waals surface area (Å²) in [6.45, 7) is 1.64. The molecule has 5 heteroatoms. The second kappa shape index (κ2) is 4.10. The monoisotopic (exact) mass is 228 g/mol. The summed E-state index contributed by atoms with van der Waals surface area (Å²) in [6.07, 6.45) is -2.35. The molecule has 80 valence electrons. The van der Waals surface area contributed by atoms with Crippen molar-refractivity contribution in [3.8, 4) is 0 Å². The number of hydrogen-bond donors (Lipinski definition) is 1. The van der Waals surface area contributed by atoms with Gasteiger partial charge in [-0.3, -0.25) is 0 Å². The lowest BCUT2D eigenvalue weighted by Gasteiger charge is -1.98. The third-order valence-corrected chi connectivity index (χ3v) is 2.93. The molecule has 0 atom stereocenters. The van der Waals surface area contributed by atoms with Crippen LogP contribution in [0.2, 0.25) is 0 Å². The van der Waals surface area contributed by atoms with Crippen LogP contribution in [-0.4, -0.2) is 18.0 Å². The Morgan fingerprint density at radius 1 is 1.47 bits per heavy atom. The molecule has 0 unspecified atom stereocenters. The Bertz CT molecular complexity index is 467. The van der Waals surface area contributed by atoms with Crippen LogP contribution < -0.4 is 5.32 Å². The molecule has 0 saturated heterocycles. The molecule has 0 amide bonds. The number of aromatic nitrogens is 1. The van der Waals surface area contributed by atoms with Crippen molar-refractivity contribution in [2.75, 3.05) is 11.9 Å². The lowest BCUT2D eigenvalue weighted by molar-refractivity contribution is 0.163. The summed E-state index contributed by atoms with van der Waals surface area (Å²) in [4.78, 5) is 4.20. The largest absolute Gasteiger partial charge is 0.356 e. The lowest BCUT2D eigenvalue weighted by Crippen LogP contribution is -2.09. The maximum atomic E-state index is 12.0. The Morgan fingerprint density at radius 2 is 2.27 bits per heavy atom. The summed E-state index contributed by atoms with van der Waals surface area (Å²) < 4.78 is 24.9. The zero-order chi connectivity index (χ0) is 10.8. The topological polar surface area (TPSA) is 24.9 Å². The van der Waals surface area contributed by atoms with Gasteiger partial charge in [-0.2, -0.15) is 0 Å². The molecule has 1 aromatic carbocycles. The molecule has 0 aliphatic carbocycles. The number of thiazole rings is 1. The summed E-state index contributed by atoms with van der Waals surface area (Å²) in [7, 11) is 0. The van der Waals surface area contributed by atoms with Gasteiger partial charge in [-0.1, -0.05) is 17.4 Å². The van der Waals surface area contributed by atoms with Crippen LogP contribution in [0.4, 0.5) is 13.9 Å². The molecular formula is C10H10F2N2S. The minimum atomic E-state index is -2.35. The van der Waals surface area contributed by atoms with Crippen LogP contribution >= 0.6 is 11.3 Å². The highest BCUT2D eigenvalue weighted by molar-refractivity contribution is 7.22. The minimum Gasteiger partial charge on any atom is -0.356 e. The summed E-state index contributed by atoms with van der Waals surface area (Å²) in [6, 6.07) is 5.86. The molecule has 2 nitrogen and oxygen atoms in total.